The van der Waals surface area contributed by atoms with Gasteiger partial charge in [-0.2, -0.15) is 0 Å². The molecule has 0 radical (unpaired) electrons. The van der Waals surface area contributed by atoms with E-state index in [0.29, 0.717) is 16.1 Å². The van der Waals surface area contributed by atoms with E-state index < -0.39 is 60.8 Å². The molecule has 1 aromatic heterocycles. The van der Waals surface area contributed by atoms with E-state index >= 15 is 0 Å². The van der Waals surface area contributed by atoms with Crippen LogP contribution in [0.5, 0.6) is 5.75 Å². The molecule has 1 fully saturated rings. The quantitative estimate of drug-likeness (QED) is 0.284. The monoisotopic (exact) mass is 482 g/mol. The molecule has 33 heavy (non-hydrogen) atoms. The second-order valence-electron chi connectivity index (χ2n) is 7.01. The summed E-state index contributed by atoms with van der Waals surface area (Å²) in [5.74, 6) is -4.20. The summed E-state index contributed by atoms with van der Waals surface area (Å²) >= 11 is 5.93. The van der Waals surface area contributed by atoms with Crippen molar-refractivity contribution in [3.63, 3.8) is 0 Å². The fourth-order valence-electron chi connectivity index (χ4n) is 3.01. The summed E-state index contributed by atoms with van der Waals surface area (Å²) in [4.78, 5) is 39.2. The largest absolute Gasteiger partial charge is 0.505 e. The van der Waals surface area contributed by atoms with Gasteiger partial charge in [0, 0.05) is 16.8 Å². The molecule has 176 valence electrons. The van der Waals surface area contributed by atoms with Gasteiger partial charge < -0.3 is 40.3 Å². The Balaban J connectivity index is 1.60. The summed E-state index contributed by atoms with van der Waals surface area (Å²) in [6.45, 7) is -0.765. The third-order valence-electron chi connectivity index (χ3n) is 4.69. The number of hydrogen-bond acceptors (Lipinski definition) is 10. The molecular formula is C20H19ClN2O10. The molecule has 13 heteroatoms. The summed E-state index contributed by atoms with van der Waals surface area (Å²) in [7, 11) is 0. The zero-order valence-corrected chi connectivity index (χ0v) is 17.4. The van der Waals surface area contributed by atoms with Gasteiger partial charge in [0.25, 0.3) is 5.91 Å². The van der Waals surface area contributed by atoms with Crippen molar-refractivity contribution in [3.8, 4) is 16.9 Å². The first-order chi connectivity index (χ1) is 15.6. The van der Waals surface area contributed by atoms with E-state index in [9.17, 15) is 34.8 Å². The first-order valence-electron chi connectivity index (χ1n) is 9.43. The summed E-state index contributed by atoms with van der Waals surface area (Å²) in [5, 5.41) is 50.9. The lowest BCUT2D eigenvalue weighted by Gasteiger charge is -2.37. The highest BCUT2D eigenvalue weighted by molar-refractivity contribution is 6.30. The number of amides is 1. The normalized spacial score (nSPS) is 24.7. The number of rotatable bonds is 6. The molecule has 6 N–H and O–H groups in total. The van der Waals surface area contributed by atoms with Crippen LogP contribution in [0.2, 0.25) is 5.02 Å². The van der Waals surface area contributed by atoms with E-state index in [1.807, 2.05) is 0 Å². The number of halogens is 1. The molecule has 3 rings (SSSR count). The number of carbonyl (C=O) groups is 3. The molecule has 0 aliphatic carbocycles. The van der Waals surface area contributed by atoms with Gasteiger partial charge in [0.1, 0.15) is 30.6 Å². The van der Waals surface area contributed by atoms with Gasteiger partial charge in [0.2, 0.25) is 6.29 Å². The maximum Gasteiger partial charge on any atom is 0.335 e. The number of hydrogen-bond donors (Lipinski definition) is 6. The van der Waals surface area contributed by atoms with Crippen LogP contribution in [0.4, 0.5) is 0 Å². The number of aliphatic hydroxyl groups is 3. The fourth-order valence-corrected chi connectivity index (χ4v) is 3.20. The lowest BCUT2D eigenvalue weighted by atomic mass is 9.99. The highest BCUT2D eigenvalue weighted by atomic mass is 35.5. The van der Waals surface area contributed by atoms with Gasteiger partial charge in [-0.05, 0) is 23.8 Å². The van der Waals surface area contributed by atoms with Crippen LogP contribution in [0.25, 0.3) is 11.1 Å². The Hall–Kier alpha value is -3.29. The standard InChI is InChI=1S/C20H19ClN2O10/c21-10-3-1-2-8(4-10)9-5-11(24)13(22-6-9)18(29)23-7-12(25)32-20-16(28)14(26)15(27)17(33-20)19(30)31/h1-6,14-17,20,24,26-28H,7H2,(H,23,29)(H,30,31)/t14?,15-,16?,17?,20+/m1/s1. The summed E-state index contributed by atoms with van der Waals surface area (Å²) in [6, 6.07) is 8.02. The van der Waals surface area contributed by atoms with Crippen molar-refractivity contribution < 1.29 is 49.4 Å². The Labute approximate surface area is 191 Å². The number of benzene rings is 1. The van der Waals surface area contributed by atoms with Crippen LogP contribution in [-0.4, -0.2) is 85.6 Å². The van der Waals surface area contributed by atoms with Crippen LogP contribution in [0.1, 0.15) is 10.5 Å². The number of carboxylic acids is 1. The Morgan fingerprint density at radius 1 is 1.09 bits per heavy atom. The van der Waals surface area contributed by atoms with Crippen molar-refractivity contribution in [3.05, 3.63) is 47.2 Å². The number of nitrogens with zero attached hydrogens (tertiary/aromatic N) is 1. The summed E-state index contributed by atoms with van der Waals surface area (Å²) in [5.41, 5.74) is 0.758. The maximum atomic E-state index is 12.3. The molecule has 2 heterocycles. The number of aromatic hydroxyl groups is 1. The van der Waals surface area contributed by atoms with E-state index in [0.717, 1.165) is 0 Å². The molecule has 12 nitrogen and oxygen atoms in total. The van der Waals surface area contributed by atoms with Crippen molar-refractivity contribution >= 4 is 29.4 Å². The Bertz CT molecular complexity index is 1060. The number of ether oxygens (including phenoxy) is 2. The number of carbonyl (C=O) groups excluding carboxylic acids is 2. The van der Waals surface area contributed by atoms with Crippen LogP contribution in [0, 0.1) is 0 Å². The van der Waals surface area contributed by atoms with Gasteiger partial charge in [0.05, 0.1) is 0 Å². The first-order valence-corrected chi connectivity index (χ1v) is 9.81. The zero-order chi connectivity index (χ0) is 24.3. The first kappa shape index (κ1) is 24.4. The molecule has 0 bridgehead atoms. The third-order valence-corrected chi connectivity index (χ3v) is 4.93. The van der Waals surface area contributed by atoms with Gasteiger partial charge in [-0.25, -0.2) is 9.78 Å². The molecule has 5 atom stereocenters. The van der Waals surface area contributed by atoms with Crippen molar-refractivity contribution in [2.45, 2.75) is 30.7 Å². The highest BCUT2D eigenvalue weighted by Crippen LogP contribution is 2.27. The molecule has 1 aliphatic rings. The molecule has 2 aromatic rings. The zero-order valence-electron chi connectivity index (χ0n) is 16.7. The van der Waals surface area contributed by atoms with E-state index in [1.165, 1.54) is 12.3 Å². The third kappa shape index (κ3) is 5.56. The van der Waals surface area contributed by atoms with Crippen LogP contribution in [0.3, 0.4) is 0 Å². The molecule has 0 spiro atoms. The fraction of sp³-hybridized carbons (Fsp3) is 0.300. The number of aliphatic carboxylic acids is 1. The Kier molecular flexibility index (Phi) is 7.46. The molecule has 1 aromatic carbocycles. The van der Waals surface area contributed by atoms with Crippen molar-refractivity contribution in [1.29, 1.82) is 0 Å². The second kappa shape index (κ2) is 10.1. The van der Waals surface area contributed by atoms with Gasteiger partial charge in [-0.3, -0.25) is 9.59 Å². The summed E-state index contributed by atoms with van der Waals surface area (Å²) < 4.78 is 9.56. The topological polar surface area (TPSA) is 196 Å². The number of aromatic nitrogens is 1. The van der Waals surface area contributed by atoms with Crippen molar-refractivity contribution in [1.82, 2.24) is 10.3 Å². The molecule has 0 saturated carbocycles. The van der Waals surface area contributed by atoms with Gasteiger partial charge >= 0.3 is 11.9 Å². The van der Waals surface area contributed by atoms with Gasteiger partial charge in [0.15, 0.2) is 11.8 Å². The molecule has 3 unspecified atom stereocenters. The highest BCUT2D eigenvalue weighted by Gasteiger charge is 2.48. The van der Waals surface area contributed by atoms with Crippen LogP contribution < -0.4 is 5.32 Å². The minimum atomic E-state index is -1.95. The average molecular weight is 483 g/mol. The number of aliphatic hydroxyl groups excluding tert-OH is 3. The summed E-state index contributed by atoms with van der Waals surface area (Å²) in [6.07, 6.45) is -8.36. The second-order valence-corrected chi connectivity index (χ2v) is 7.45. The number of esters is 1. The number of pyridine rings is 1. The van der Waals surface area contributed by atoms with Crippen molar-refractivity contribution in [2.75, 3.05) is 6.54 Å². The van der Waals surface area contributed by atoms with Gasteiger partial charge in [-0.15, -0.1) is 0 Å². The minimum absolute atomic E-state index is 0.382. The number of carboxylic acid groups (broad SMARTS) is 1. The Morgan fingerprint density at radius 2 is 1.82 bits per heavy atom. The van der Waals surface area contributed by atoms with Crippen molar-refractivity contribution in [2.24, 2.45) is 0 Å². The predicted octanol–water partition coefficient (Wildman–Crippen LogP) is -0.727. The van der Waals surface area contributed by atoms with Crippen LogP contribution in [-0.2, 0) is 19.1 Å². The van der Waals surface area contributed by atoms with Crippen LogP contribution >= 0.6 is 11.6 Å². The molecule has 1 saturated heterocycles. The number of nitrogens with one attached hydrogen (secondary N) is 1. The smallest absolute Gasteiger partial charge is 0.335 e. The van der Waals surface area contributed by atoms with E-state index in [-0.39, 0.29) is 5.69 Å². The van der Waals surface area contributed by atoms with E-state index in [4.69, 9.17) is 26.2 Å². The lowest BCUT2D eigenvalue weighted by molar-refractivity contribution is -0.286. The maximum absolute atomic E-state index is 12.3. The SMILES string of the molecule is O=C(CNC(=O)c1ncc(-c2cccc(Cl)c2)cc1O)O[C@H]1OC(C(=O)O)[C@H](O)C(O)C1O. The average Bonchev–Trinajstić information content (AvgIpc) is 2.77. The van der Waals surface area contributed by atoms with E-state index in [1.54, 1.807) is 24.3 Å². The lowest BCUT2D eigenvalue weighted by Crippen LogP contribution is -2.60. The molecule has 1 aliphatic heterocycles. The molecule has 1 amide bonds. The predicted molar refractivity (Wildman–Crippen MR) is 109 cm³/mol. The molecular weight excluding hydrogens is 464 g/mol. The van der Waals surface area contributed by atoms with Crippen LogP contribution in [0.15, 0.2) is 36.5 Å². The minimum Gasteiger partial charge on any atom is -0.505 e. The van der Waals surface area contributed by atoms with Gasteiger partial charge in [-0.1, -0.05) is 23.7 Å². The van der Waals surface area contributed by atoms with E-state index in [2.05, 4.69) is 10.3 Å². The Morgan fingerprint density at radius 3 is 2.45 bits per heavy atom.